The second kappa shape index (κ2) is 4.61. The van der Waals surface area contributed by atoms with Crippen LogP contribution in [0.1, 0.15) is 15.9 Å². The standard InChI is InChI=1S/C14H8ClFN2O2/c15-12-8(2-1-3-9(12)16)13(19)7-4-5-10-11(6-7)18-14(20)17-10/h1-6H,(H2,17,18,20). The molecule has 2 N–H and O–H groups in total. The van der Waals surface area contributed by atoms with Crippen LogP contribution >= 0.6 is 11.6 Å². The average Bonchev–Trinajstić information content (AvgIpc) is 2.80. The highest BCUT2D eigenvalue weighted by molar-refractivity contribution is 6.35. The second-order valence-corrected chi connectivity index (χ2v) is 4.65. The first-order chi connectivity index (χ1) is 9.56. The molecule has 1 heterocycles. The van der Waals surface area contributed by atoms with Gasteiger partial charge in [-0.2, -0.15) is 0 Å². The summed E-state index contributed by atoms with van der Waals surface area (Å²) in [5.41, 5.74) is 1.16. The van der Waals surface area contributed by atoms with E-state index in [0.29, 0.717) is 16.6 Å². The van der Waals surface area contributed by atoms with Crippen LogP contribution < -0.4 is 5.69 Å². The van der Waals surface area contributed by atoms with E-state index in [1.807, 2.05) is 0 Å². The van der Waals surface area contributed by atoms with Crippen molar-refractivity contribution in [2.45, 2.75) is 0 Å². The van der Waals surface area contributed by atoms with Crippen LogP contribution in [0.15, 0.2) is 41.2 Å². The number of imidazole rings is 1. The van der Waals surface area contributed by atoms with Gasteiger partial charge in [0.1, 0.15) is 5.82 Å². The summed E-state index contributed by atoms with van der Waals surface area (Å²) in [6.45, 7) is 0. The fraction of sp³-hybridized carbons (Fsp3) is 0. The Labute approximate surface area is 117 Å². The maximum atomic E-state index is 13.4. The van der Waals surface area contributed by atoms with Crippen LogP contribution in [0.4, 0.5) is 4.39 Å². The van der Waals surface area contributed by atoms with Gasteiger partial charge in [0.15, 0.2) is 5.78 Å². The summed E-state index contributed by atoms with van der Waals surface area (Å²) in [6, 6.07) is 8.75. The van der Waals surface area contributed by atoms with Gasteiger partial charge < -0.3 is 9.97 Å². The van der Waals surface area contributed by atoms with E-state index in [4.69, 9.17) is 11.6 Å². The molecule has 0 aliphatic carbocycles. The van der Waals surface area contributed by atoms with Gasteiger partial charge in [0.25, 0.3) is 0 Å². The molecule has 0 amide bonds. The molecule has 3 aromatic rings. The predicted octanol–water partition coefficient (Wildman–Crippen LogP) is 2.88. The Morgan fingerprint density at radius 2 is 1.85 bits per heavy atom. The summed E-state index contributed by atoms with van der Waals surface area (Å²) >= 11 is 5.80. The molecule has 1 aromatic heterocycles. The number of rotatable bonds is 2. The maximum absolute atomic E-state index is 13.4. The molecule has 6 heteroatoms. The third kappa shape index (κ3) is 2.02. The molecular weight excluding hydrogens is 283 g/mol. The van der Waals surface area contributed by atoms with E-state index >= 15 is 0 Å². The predicted molar refractivity (Wildman–Crippen MR) is 73.8 cm³/mol. The van der Waals surface area contributed by atoms with Gasteiger partial charge in [-0.1, -0.05) is 17.7 Å². The highest BCUT2D eigenvalue weighted by Gasteiger charge is 2.16. The lowest BCUT2D eigenvalue weighted by atomic mass is 10.0. The van der Waals surface area contributed by atoms with Gasteiger partial charge in [-0.3, -0.25) is 4.79 Å². The number of nitrogens with one attached hydrogen (secondary N) is 2. The first-order valence-corrected chi connectivity index (χ1v) is 6.15. The number of ketones is 1. The topological polar surface area (TPSA) is 65.7 Å². The van der Waals surface area contributed by atoms with Crippen LogP contribution in [-0.4, -0.2) is 15.8 Å². The van der Waals surface area contributed by atoms with Crippen molar-refractivity contribution in [1.82, 2.24) is 9.97 Å². The Hall–Kier alpha value is -2.40. The van der Waals surface area contributed by atoms with E-state index in [9.17, 15) is 14.0 Å². The normalized spacial score (nSPS) is 10.9. The highest BCUT2D eigenvalue weighted by Crippen LogP contribution is 2.23. The number of aromatic amines is 2. The van der Waals surface area contributed by atoms with E-state index in [1.165, 1.54) is 24.3 Å². The first-order valence-electron chi connectivity index (χ1n) is 5.77. The summed E-state index contributed by atoms with van der Waals surface area (Å²) in [5.74, 6) is -1.05. The number of halogens is 2. The number of hydrogen-bond acceptors (Lipinski definition) is 2. The number of fused-ring (bicyclic) bond motifs is 1. The highest BCUT2D eigenvalue weighted by atomic mass is 35.5. The Morgan fingerprint density at radius 3 is 2.65 bits per heavy atom. The lowest BCUT2D eigenvalue weighted by Gasteiger charge is -2.04. The smallest absolute Gasteiger partial charge is 0.306 e. The molecule has 0 saturated heterocycles. The Kier molecular flexibility index (Phi) is 2.91. The summed E-state index contributed by atoms with van der Waals surface area (Å²) in [5, 5.41) is -0.208. The Bertz CT molecular complexity index is 882. The fourth-order valence-corrected chi connectivity index (χ4v) is 2.22. The molecule has 0 aliphatic heterocycles. The van der Waals surface area contributed by atoms with Gasteiger partial charge in [-0.05, 0) is 30.3 Å². The molecule has 2 aromatic carbocycles. The monoisotopic (exact) mass is 290 g/mol. The number of hydrogen-bond donors (Lipinski definition) is 2. The van der Waals surface area contributed by atoms with Crippen molar-refractivity contribution in [3.05, 3.63) is 68.8 Å². The molecule has 0 unspecified atom stereocenters. The molecule has 0 atom stereocenters. The van der Waals surface area contributed by atoms with Gasteiger partial charge in [-0.15, -0.1) is 0 Å². The largest absolute Gasteiger partial charge is 0.323 e. The van der Waals surface area contributed by atoms with Crippen molar-refractivity contribution in [3.63, 3.8) is 0 Å². The summed E-state index contributed by atoms with van der Waals surface area (Å²) in [7, 11) is 0. The summed E-state index contributed by atoms with van der Waals surface area (Å²) < 4.78 is 13.4. The van der Waals surface area contributed by atoms with Crippen molar-refractivity contribution >= 4 is 28.4 Å². The van der Waals surface area contributed by atoms with Gasteiger partial charge in [0, 0.05) is 11.1 Å². The van der Waals surface area contributed by atoms with Crippen LogP contribution in [0.25, 0.3) is 11.0 Å². The van der Waals surface area contributed by atoms with Crippen LogP contribution in [0, 0.1) is 5.82 Å². The van der Waals surface area contributed by atoms with E-state index < -0.39 is 11.6 Å². The van der Waals surface area contributed by atoms with Crippen LogP contribution in [-0.2, 0) is 0 Å². The summed E-state index contributed by atoms with van der Waals surface area (Å²) in [6.07, 6.45) is 0. The molecule has 0 aliphatic rings. The first kappa shape index (κ1) is 12.6. The van der Waals surface area contributed by atoms with Gasteiger partial charge >= 0.3 is 5.69 Å². The van der Waals surface area contributed by atoms with Crippen LogP contribution in [0.2, 0.25) is 5.02 Å². The van der Waals surface area contributed by atoms with Crippen molar-refractivity contribution in [2.75, 3.05) is 0 Å². The minimum Gasteiger partial charge on any atom is -0.306 e. The molecule has 0 radical (unpaired) electrons. The molecule has 100 valence electrons. The number of aromatic nitrogens is 2. The molecular formula is C14H8ClFN2O2. The van der Waals surface area contributed by atoms with Crippen LogP contribution in [0.3, 0.4) is 0 Å². The lowest BCUT2D eigenvalue weighted by Crippen LogP contribution is -2.03. The lowest BCUT2D eigenvalue weighted by molar-refractivity contribution is 0.103. The fourth-order valence-electron chi connectivity index (χ4n) is 2.01. The van der Waals surface area contributed by atoms with E-state index in [1.54, 1.807) is 12.1 Å². The zero-order valence-electron chi connectivity index (χ0n) is 10.0. The van der Waals surface area contributed by atoms with Crippen molar-refractivity contribution in [3.8, 4) is 0 Å². The minimum absolute atomic E-state index is 0.0869. The zero-order valence-corrected chi connectivity index (χ0v) is 10.8. The van der Waals surface area contributed by atoms with E-state index in [-0.39, 0.29) is 16.3 Å². The Morgan fingerprint density at radius 1 is 1.10 bits per heavy atom. The molecule has 4 nitrogen and oxygen atoms in total. The zero-order chi connectivity index (χ0) is 14.3. The minimum atomic E-state index is -0.645. The number of carbonyl (C=O) groups is 1. The van der Waals surface area contributed by atoms with E-state index in [2.05, 4.69) is 9.97 Å². The number of H-pyrrole nitrogens is 2. The third-order valence-electron chi connectivity index (χ3n) is 2.97. The van der Waals surface area contributed by atoms with Crippen molar-refractivity contribution in [2.24, 2.45) is 0 Å². The van der Waals surface area contributed by atoms with Gasteiger partial charge in [-0.25, -0.2) is 9.18 Å². The molecule has 20 heavy (non-hydrogen) atoms. The van der Waals surface area contributed by atoms with Gasteiger partial charge in [0.2, 0.25) is 0 Å². The third-order valence-corrected chi connectivity index (χ3v) is 3.36. The van der Waals surface area contributed by atoms with Gasteiger partial charge in [0.05, 0.1) is 16.1 Å². The maximum Gasteiger partial charge on any atom is 0.323 e. The number of benzene rings is 2. The molecule has 3 rings (SSSR count). The number of carbonyl (C=O) groups excluding carboxylic acids is 1. The molecule has 0 saturated carbocycles. The van der Waals surface area contributed by atoms with Crippen molar-refractivity contribution < 1.29 is 9.18 Å². The molecule has 0 spiro atoms. The second-order valence-electron chi connectivity index (χ2n) is 4.27. The van der Waals surface area contributed by atoms with E-state index in [0.717, 1.165) is 0 Å². The quantitative estimate of drug-likeness (QED) is 0.713. The molecule has 0 bridgehead atoms. The molecule has 0 fully saturated rings. The van der Waals surface area contributed by atoms with Crippen LogP contribution in [0.5, 0.6) is 0 Å². The SMILES string of the molecule is O=C(c1ccc2[nH]c(=O)[nH]c2c1)c1cccc(F)c1Cl. The van der Waals surface area contributed by atoms with Crippen molar-refractivity contribution in [1.29, 1.82) is 0 Å². The summed E-state index contributed by atoms with van der Waals surface area (Å²) in [4.78, 5) is 28.6. The average molecular weight is 291 g/mol. The Balaban J connectivity index is 2.12.